The number of rotatable bonds is 5. The first-order valence-corrected chi connectivity index (χ1v) is 6.53. The summed E-state index contributed by atoms with van der Waals surface area (Å²) in [6.07, 6.45) is 1.75. The SMILES string of the molecule is Br.CCOc1ccc(C(=O)Cn2ccsc2=N)cc1. The molecular weight excluding hydrogens is 328 g/mol. The number of halogens is 1. The Bertz CT molecular complexity index is 589. The summed E-state index contributed by atoms with van der Waals surface area (Å²) in [5.74, 6) is 0.758. The minimum Gasteiger partial charge on any atom is -0.494 e. The molecule has 0 unspecified atom stereocenters. The highest BCUT2D eigenvalue weighted by molar-refractivity contribution is 8.93. The van der Waals surface area contributed by atoms with Crippen molar-refractivity contribution in [2.75, 3.05) is 6.61 Å². The predicted molar refractivity (Wildman–Crippen MR) is 80.4 cm³/mol. The zero-order valence-corrected chi connectivity index (χ0v) is 13.0. The third-order valence-corrected chi connectivity index (χ3v) is 3.20. The Morgan fingerprint density at radius 2 is 2.05 bits per heavy atom. The third kappa shape index (κ3) is 4.04. The molecule has 0 saturated heterocycles. The number of Topliss-reactive ketones (excluding diaryl/α,β-unsaturated/α-hetero) is 1. The maximum Gasteiger partial charge on any atom is 0.182 e. The number of carbonyl (C=O) groups is 1. The minimum atomic E-state index is -0.00468. The molecule has 0 aliphatic carbocycles. The van der Waals surface area contributed by atoms with Gasteiger partial charge in [-0.3, -0.25) is 10.2 Å². The molecule has 1 N–H and O–H groups in total. The fourth-order valence-electron chi connectivity index (χ4n) is 1.58. The molecule has 0 saturated carbocycles. The van der Waals surface area contributed by atoms with Gasteiger partial charge in [0, 0.05) is 17.1 Å². The topological polar surface area (TPSA) is 55.1 Å². The molecular formula is C13H15BrN2O2S. The van der Waals surface area contributed by atoms with Crippen molar-refractivity contribution in [2.24, 2.45) is 0 Å². The number of ketones is 1. The quantitative estimate of drug-likeness (QED) is 0.849. The van der Waals surface area contributed by atoms with Crippen LogP contribution in [0, 0.1) is 5.41 Å². The number of hydrogen-bond acceptors (Lipinski definition) is 4. The van der Waals surface area contributed by atoms with Crippen molar-refractivity contribution in [3.8, 4) is 5.75 Å². The maximum absolute atomic E-state index is 12.0. The Morgan fingerprint density at radius 1 is 1.37 bits per heavy atom. The maximum atomic E-state index is 12.0. The van der Waals surface area contributed by atoms with Crippen molar-refractivity contribution in [2.45, 2.75) is 13.5 Å². The number of carbonyl (C=O) groups excluding carboxylic acids is 1. The second-order valence-electron chi connectivity index (χ2n) is 3.72. The average molecular weight is 343 g/mol. The van der Waals surface area contributed by atoms with E-state index in [9.17, 15) is 4.79 Å². The van der Waals surface area contributed by atoms with E-state index in [0.29, 0.717) is 17.0 Å². The molecule has 1 aromatic carbocycles. The largest absolute Gasteiger partial charge is 0.494 e. The molecule has 19 heavy (non-hydrogen) atoms. The van der Waals surface area contributed by atoms with Crippen molar-refractivity contribution in [3.63, 3.8) is 0 Å². The highest BCUT2D eigenvalue weighted by Gasteiger charge is 2.07. The van der Waals surface area contributed by atoms with Crippen LogP contribution < -0.4 is 9.54 Å². The molecule has 2 rings (SSSR count). The van der Waals surface area contributed by atoms with Crippen LogP contribution in [-0.2, 0) is 6.54 Å². The lowest BCUT2D eigenvalue weighted by molar-refractivity contribution is 0.0971. The van der Waals surface area contributed by atoms with Gasteiger partial charge in [0.25, 0.3) is 0 Å². The van der Waals surface area contributed by atoms with Crippen molar-refractivity contribution in [1.29, 1.82) is 5.41 Å². The molecule has 6 heteroatoms. The lowest BCUT2D eigenvalue weighted by Gasteiger charge is -2.05. The molecule has 0 fully saturated rings. The fourth-order valence-corrected chi connectivity index (χ4v) is 2.18. The lowest BCUT2D eigenvalue weighted by Crippen LogP contribution is -2.18. The molecule has 0 amide bonds. The molecule has 0 radical (unpaired) electrons. The Hall–Kier alpha value is -1.40. The summed E-state index contributed by atoms with van der Waals surface area (Å²) in [6, 6.07) is 7.08. The Morgan fingerprint density at radius 3 is 2.58 bits per heavy atom. The zero-order chi connectivity index (χ0) is 13.0. The van der Waals surface area contributed by atoms with E-state index in [1.54, 1.807) is 40.4 Å². The van der Waals surface area contributed by atoms with Gasteiger partial charge in [0.05, 0.1) is 13.2 Å². The van der Waals surface area contributed by atoms with Crippen LogP contribution in [0.2, 0.25) is 0 Å². The minimum absolute atomic E-state index is 0. The third-order valence-electron chi connectivity index (χ3n) is 2.48. The van der Waals surface area contributed by atoms with Crippen LogP contribution in [0.4, 0.5) is 0 Å². The van der Waals surface area contributed by atoms with E-state index in [1.807, 2.05) is 6.92 Å². The van der Waals surface area contributed by atoms with E-state index in [0.717, 1.165) is 5.75 Å². The summed E-state index contributed by atoms with van der Waals surface area (Å²) in [6.45, 7) is 2.73. The second kappa shape index (κ2) is 7.25. The smallest absolute Gasteiger partial charge is 0.182 e. The summed E-state index contributed by atoms with van der Waals surface area (Å²) in [5, 5.41) is 9.40. The number of benzene rings is 1. The average Bonchev–Trinajstić information content (AvgIpc) is 2.76. The van der Waals surface area contributed by atoms with Crippen LogP contribution >= 0.6 is 28.3 Å². The van der Waals surface area contributed by atoms with Crippen LogP contribution in [0.25, 0.3) is 0 Å². The lowest BCUT2D eigenvalue weighted by atomic mass is 10.1. The first-order chi connectivity index (χ1) is 8.70. The molecule has 0 bridgehead atoms. The number of aromatic nitrogens is 1. The molecule has 4 nitrogen and oxygen atoms in total. The van der Waals surface area contributed by atoms with E-state index in [1.165, 1.54) is 11.3 Å². The highest BCUT2D eigenvalue weighted by Crippen LogP contribution is 2.12. The molecule has 102 valence electrons. The van der Waals surface area contributed by atoms with Gasteiger partial charge in [0.1, 0.15) is 5.75 Å². The van der Waals surface area contributed by atoms with Gasteiger partial charge in [0.2, 0.25) is 0 Å². The van der Waals surface area contributed by atoms with Gasteiger partial charge in [-0.25, -0.2) is 0 Å². The van der Waals surface area contributed by atoms with Crippen LogP contribution in [0.3, 0.4) is 0 Å². The summed E-state index contributed by atoms with van der Waals surface area (Å²) >= 11 is 1.31. The van der Waals surface area contributed by atoms with Crippen LogP contribution in [0.15, 0.2) is 35.8 Å². The van der Waals surface area contributed by atoms with Crippen LogP contribution in [-0.4, -0.2) is 17.0 Å². The van der Waals surface area contributed by atoms with Gasteiger partial charge in [-0.1, -0.05) is 0 Å². The van der Waals surface area contributed by atoms with Gasteiger partial charge in [0.15, 0.2) is 10.6 Å². The Balaban J connectivity index is 0.00000180. The van der Waals surface area contributed by atoms with Crippen LogP contribution in [0.5, 0.6) is 5.75 Å². The number of thiazole rings is 1. The zero-order valence-electron chi connectivity index (χ0n) is 10.5. The highest BCUT2D eigenvalue weighted by atomic mass is 79.9. The number of nitrogens with zero attached hydrogens (tertiary/aromatic N) is 1. The number of nitrogens with one attached hydrogen (secondary N) is 1. The van der Waals surface area contributed by atoms with Crippen LogP contribution in [0.1, 0.15) is 17.3 Å². The van der Waals surface area contributed by atoms with E-state index in [-0.39, 0.29) is 29.3 Å². The molecule has 1 heterocycles. The van der Waals surface area contributed by atoms with E-state index >= 15 is 0 Å². The van der Waals surface area contributed by atoms with Crippen molar-refractivity contribution >= 4 is 34.1 Å². The molecule has 0 atom stereocenters. The first kappa shape index (κ1) is 15.7. The first-order valence-electron chi connectivity index (χ1n) is 5.65. The molecule has 2 aromatic rings. The Kier molecular flexibility index (Phi) is 5.98. The van der Waals surface area contributed by atoms with E-state index in [2.05, 4.69) is 0 Å². The number of ether oxygens (including phenoxy) is 1. The number of hydrogen-bond donors (Lipinski definition) is 1. The van der Waals surface area contributed by atoms with Gasteiger partial charge in [-0.05, 0) is 31.2 Å². The second-order valence-corrected chi connectivity index (χ2v) is 4.61. The van der Waals surface area contributed by atoms with Gasteiger partial charge >= 0.3 is 0 Å². The summed E-state index contributed by atoms with van der Waals surface area (Å²) in [4.78, 5) is 12.4. The van der Waals surface area contributed by atoms with E-state index < -0.39 is 0 Å². The summed E-state index contributed by atoms with van der Waals surface area (Å²) in [5.41, 5.74) is 0.636. The Labute approximate surface area is 125 Å². The predicted octanol–water partition coefficient (Wildman–Crippen LogP) is 2.89. The summed E-state index contributed by atoms with van der Waals surface area (Å²) in [7, 11) is 0. The summed E-state index contributed by atoms with van der Waals surface area (Å²) < 4.78 is 6.95. The van der Waals surface area contributed by atoms with Crippen molar-refractivity contribution in [3.05, 3.63) is 46.2 Å². The van der Waals surface area contributed by atoms with Crippen molar-refractivity contribution in [1.82, 2.24) is 4.57 Å². The van der Waals surface area contributed by atoms with Gasteiger partial charge in [-0.2, -0.15) is 0 Å². The molecule has 1 aromatic heterocycles. The standard InChI is InChI=1S/C13H14N2O2S.BrH/c1-2-17-11-5-3-10(4-6-11)12(16)9-15-7-8-18-13(15)14;/h3-8,14H,2,9H2,1H3;1H. The van der Waals surface area contributed by atoms with Gasteiger partial charge < -0.3 is 9.30 Å². The normalized spacial score (nSPS) is 9.74. The molecule has 0 aliphatic rings. The fraction of sp³-hybridized carbons (Fsp3) is 0.231. The van der Waals surface area contributed by atoms with Gasteiger partial charge in [-0.15, -0.1) is 28.3 Å². The molecule has 0 spiro atoms. The van der Waals surface area contributed by atoms with E-state index in [4.69, 9.17) is 10.1 Å². The monoisotopic (exact) mass is 342 g/mol. The molecule has 0 aliphatic heterocycles. The van der Waals surface area contributed by atoms with Crippen molar-refractivity contribution < 1.29 is 9.53 Å².